The van der Waals surface area contributed by atoms with E-state index in [1.54, 1.807) is 55.5 Å². The lowest BCUT2D eigenvalue weighted by Crippen LogP contribution is -2.16. The fourth-order valence-corrected chi connectivity index (χ4v) is 3.03. The third-order valence-corrected chi connectivity index (χ3v) is 4.44. The number of benzene rings is 2. The first-order chi connectivity index (χ1) is 12.9. The molecule has 0 aliphatic rings. The molecule has 1 unspecified atom stereocenters. The van der Waals surface area contributed by atoms with Crippen LogP contribution in [0.1, 0.15) is 24.8 Å². The van der Waals surface area contributed by atoms with Gasteiger partial charge in [-0.15, -0.1) is 0 Å². The van der Waals surface area contributed by atoms with Crippen LogP contribution >= 0.6 is 23.2 Å². The Bertz CT molecular complexity index is 831. The van der Waals surface area contributed by atoms with Crippen LogP contribution in [-0.2, 0) is 14.3 Å². The summed E-state index contributed by atoms with van der Waals surface area (Å²) in [5.41, 5.74) is 1.61. The van der Waals surface area contributed by atoms with E-state index in [4.69, 9.17) is 27.9 Å². The second-order valence-electron chi connectivity index (χ2n) is 5.66. The molecule has 5 nitrogen and oxygen atoms in total. The van der Waals surface area contributed by atoms with Crippen molar-refractivity contribution in [3.05, 3.63) is 70.2 Å². The quantitative estimate of drug-likeness (QED) is 0.451. The van der Waals surface area contributed by atoms with Crippen molar-refractivity contribution in [2.24, 2.45) is 0 Å². The second-order valence-corrected chi connectivity index (χ2v) is 6.47. The SMILES string of the molecule is C/C=C/C(=O)OCCC(C(=O)O)c1ccccc1Nc1c(Cl)cccc1Cl. The van der Waals surface area contributed by atoms with Gasteiger partial charge in [-0.25, -0.2) is 4.79 Å². The van der Waals surface area contributed by atoms with Gasteiger partial charge in [0.25, 0.3) is 0 Å². The van der Waals surface area contributed by atoms with Crippen LogP contribution in [0.2, 0.25) is 10.0 Å². The van der Waals surface area contributed by atoms with Gasteiger partial charge in [0.2, 0.25) is 0 Å². The van der Waals surface area contributed by atoms with Crippen molar-refractivity contribution >= 4 is 46.5 Å². The highest BCUT2D eigenvalue weighted by atomic mass is 35.5. The van der Waals surface area contributed by atoms with E-state index >= 15 is 0 Å². The van der Waals surface area contributed by atoms with Gasteiger partial charge in [-0.2, -0.15) is 0 Å². The van der Waals surface area contributed by atoms with Gasteiger partial charge in [-0.3, -0.25) is 4.79 Å². The molecule has 0 spiro atoms. The summed E-state index contributed by atoms with van der Waals surface area (Å²) in [5.74, 6) is -2.39. The van der Waals surface area contributed by atoms with E-state index in [2.05, 4.69) is 5.32 Å². The summed E-state index contributed by atoms with van der Waals surface area (Å²) in [4.78, 5) is 23.2. The first kappa shape index (κ1) is 20.8. The summed E-state index contributed by atoms with van der Waals surface area (Å²) in [7, 11) is 0. The van der Waals surface area contributed by atoms with Crippen molar-refractivity contribution < 1.29 is 19.4 Å². The van der Waals surface area contributed by atoms with Crippen molar-refractivity contribution in [2.45, 2.75) is 19.3 Å². The lowest BCUT2D eigenvalue weighted by atomic mass is 9.94. The van der Waals surface area contributed by atoms with Crippen molar-refractivity contribution in [1.82, 2.24) is 0 Å². The van der Waals surface area contributed by atoms with Crippen LogP contribution in [0.15, 0.2) is 54.6 Å². The predicted molar refractivity (Wildman–Crippen MR) is 107 cm³/mol. The number of para-hydroxylation sites is 2. The average Bonchev–Trinajstić information content (AvgIpc) is 2.62. The summed E-state index contributed by atoms with van der Waals surface area (Å²) in [6.45, 7) is 1.68. The molecule has 142 valence electrons. The smallest absolute Gasteiger partial charge is 0.330 e. The number of halogens is 2. The highest BCUT2D eigenvalue weighted by Gasteiger charge is 2.23. The molecule has 2 N–H and O–H groups in total. The van der Waals surface area contributed by atoms with E-state index in [9.17, 15) is 14.7 Å². The normalized spacial score (nSPS) is 12.0. The minimum absolute atomic E-state index is 0.0126. The van der Waals surface area contributed by atoms with Crippen LogP contribution in [0.25, 0.3) is 0 Å². The third kappa shape index (κ3) is 5.74. The Morgan fingerprint density at radius 1 is 1.15 bits per heavy atom. The number of carbonyl (C=O) groups excluding carboxylic acids is 1. The molecule has 2 aromatic carbocycles. The van der Waals surface area contributed by atoms with E-state index in [-0.39, 0.29) is 13.0 Å². The maximum absolute atomic E-state index is 11.8. The number of esters is 1. The molecular weight excluding hydrogens is 389 g/mol. The molecule has 0 aromatic heterocycles. The van der Waals surface area contributed by atoms with E-state index in [0.29, 0.717) is 27.0 Å². The van der Waals surface area contributed by atoms with Gasteiger partial charge < -0.3 is 15.2 Å². The first-order valence-corrected chi connectivity index (χ1v) is 9.01. The Kier molecular flexibility index (Phi) is 7.70. The third-order valence-electron chi connectivity index (χ3n) is 3.81. The van der Waals surface area contributed by atoms with Crippen LogP contribution in [0.3, 0.4) is 0 Å². The number of hydrogen-bond donors (Lipinski definition) is 2. The molecule has 0 saturated heterocycles. The first-order valence-electron chi connectivity index (χ1n) is 8.26. The number of rotatable bonds is 8. The van der Waals surface area contributed by atoms with Crippen molar-refractivity contribution in [2.75, 3.05) is 11.9 Å². The minimum Gasteiger partial charge on any atom is -0.481 e. The highest BCUT2D eigenvalue weighted by molar-refractivity contribution is 6.39. The maximum Gasteiger partial charge on any atom is 0.330 e. The molecule has 0 bridgehead atoms. The number of carbonyl (C=O) groups is 2. The van der Waals surface area contributed by atoms with Gasteiger partial charge in [0.15, 0.2) is 0 Å². The van der Waals surface area contributed by atoms with Gasteiger partial charge in [0.05, 0.1) is 28.3 Å². The molecule has 0 saturated carbocycles. The van der Waals surface area contributed by atoms with Gasteiger partial charge in [-0.1, -0.05) is 53.5 Å². The Hall–Kier alpha value is -2.50. The largest absolute Gasteiger partial charge is 0.481 e. The van der Waals surface area contributed by atoms with E-state index in [0.717, 1.165) is 0 Å². The van der Waals surface area contributed by atoms with E-state index in [1.165, 1.54) is 6.08 Å². The molecule has 0 aliphatic carbocycles. The van der Waals surface area contributed by atoms with Crippen LogP contribution in [0.5, 0.6) is 0 Å². The zero-order valence-electron chi connectivity index (χ0n) is 14.6. The molecule has 0 aliphatic heterocycles. The number of anilines is 2. The molecule has 2 rings (SSSR count). The standard InChI is InChI=1S/C20H19Cl2NO4/c1-2-6-18(24)27-12-11-14(20(25)26)13-7-3-4-10-17(13)23-19-15(21)8-5-9-16(19)22/h2-10,14,23H,11-12H2,1H3,(H,25,26)/b6-2+. The number of nitrogens with one attached hydrogen (secondary N) is 1. The lowest BCUT2D eigenvalue weighted by Gasteiger charge is -2.19. The number of hydrogen-bond acceptors (Lipinski definition) is 4. The maximum atomic E-state index is 11.8. The van der Waals surface area contributed by atoms with Gasteiger partial charge in [0, 0.05) is 11.8 Å². The zero-order chi connectivity index (χ0) is 19.8. The lowest BCUT2D eigenvalue weighted by molar-refractivity contribution is -0.142. The van der Waals surface area contributed by atoms with E-state index < -0.39 is 17.9 Å². The second kappa shape index (κ2) is 10.00. The molecule has 0 heterocycles. The monoisotopic (exact) mass is 407 g/mol. The molecular formula is C20H19Cl2NO4. The van der Waals surface area contributed by atoms with Crippen LogP contribution in [0.4, 0.5) is 11.4 Å². The number of carboxylic acids is 1. The number of ether oxygens (including phenoxy) is 1. The van der Waals surface area contributed by atoms with Crippen molar-refractivity contribution in [3.8, 4) is 0 Å². The number of allylic oxidation sites excluding steroid dienone is 1. The van der Waals surface area contributed by atoms with Gasteiger partial charge in [0.1, 0.15) is 0 Å². The van der Waals surface area contributed by atoms with Crippen molar-refractivity contribution in [1.29, 1.82) is 0 Å². The van der Waals surface area contributed by atoms with Crippen LogP contribution in [-0.4, -0.2) is 23.7 Å². The molecule has 27 heavy (non-hydrogen) atoms. The molecule has 7 heteroatoms. The Morgan fingerprint density at radius 2 is 1.81 bits per heavy atom. The van der Waals surface area contributed by atoms with Gasteiger partial charge >= 0.3 is 11.9 Å². The summed E-state index contributed by atoms with van der Waals surface area (Å²) < 4.78 is 5.03. The molecule has 2 aromatic rings. The fraction of sp³-hybridized carbons (Fsp3) is 0.200. The number of aliphatic carboxylic acids is 1. The molecule has 0 radical (unpaired) electrons. The van der Waals surface area contributed by atoms with E-state index in [1.807, 2.05) is 0 Å². The Balaban J connectivity index is 2.25. The Labute approximate surface area is 167 Å². The summed E-state index contributed by atoms with van der Waals surface area (Å²) in [6.07, 6.45) is 2.97. The van der Waals surface area contributed by atoms with Crippen LogP contribution in [0, 0.1) is 0 Å². The summed E-state index contributed by atoms with van der Waals surface area (Å²) >= 11 is 12.4. The topological polar surface area (TPSA) is 75.6 Å². The predicted octanol–water partition coefficient (Wildman–Crippen LogP) is 5.41. The fourth-order valence-electron chi connectivity index (χ4n) is 2.54. The molecule has 0 fully saturated rings. The van der Waals surface area contributed by atoms with Crippen molar-refractivity contribution in [3.63, 3.8) is 0 Å². The molecule has 1 atom stereocenters. The minimum atomic E-state index is -1.02. The van der Waals surface area contributed by atoms with Gasteiger partial charge in [-0.05, 0) is 37.1 Å². The average molecular weight is 408 g/mol. The van der Waals surface area contributed by atoms with Crippen LogP contribution < -0.4 is 5.32 Å². The number of carboxylic acid groups (broad SMARTS) is 1. The zero-order valence-corrected chi connectivity index (χ0v) is 16.1. The highest BCUT2D eigenvalue weighted by Crippen LogP contribution is 2.36. The summed E-state index contributed by atoms with van der Waals surface area (Å²) in [6, 6.07) is 12.1. The summed E-state index contributed by atoms with van der Waals surface area (Å²) in [5, 5.41) is 13.6. The Morgan fingerprint density at radius 3 is 2.44 bits per heavy atom. The molecule has 0 amide bonds.